The highest BCUT2D eigenvalue weighted by Crippen LogP contribution is 2.27. The molecule has 0 atom stereocenters. The van der Waals surface area contributed by atoms with Crippen molar-refractivity contribution in [2.45, 2.75) is 6.61 Å². The molecular formula is C22H21NO4. The molecule has 1 N–H and O–H groups in total. The number of ether oxygens (including phenoxy) is 3. The van der Waals surface area contributed by atoms with Gasteiger partial charge in [-0.25, -0.2) is 0 Å². The molecule has 0 aromatic heterocycles. The second-order valence-corrected chi connectivity index (χ2v) is 5.78. The molecule has 5 heteroatoms. The van der Waals surface area contributed by atoms with Crippen LogP contribution in [0.25, 0.3) is 0 Å². The molecule has 138 valence electrons. The van der Waals surface area contributed by atoms with Gasteiger partial charge >= 0.3 is 0 Å². The Morgan fingerprint density at radius 2 is 1.59 bits per heavy atom. The predicted octanol–water partition coefficient (Wildman–Crippen LogP) is 4.54. The number of carbonyl (C=O) groups is 1. The second kappa shape index (κ2) is 8.76. The summed E-state index contributed by atoms with van der Waals surface area (Å²) in [5.74, 6) is 1.68. The molecule has 1 amide bonds. The van der Waals surface area contributed by atoms with Crippen LogP contribution in [0.4, 0.5) is 5.69 Å². The van der Waals surface area contributed by atoms with Crippen molar-refractivity contribution in [2.24, 2.45) is 0 Å². The normalized spacial score (nSPS) is 10.1. The monoisotopic (exact) mass is 363 g/mol. The van der Waals surface area contributed by atoms with E-state index in [4.69, 9.17) is 14.2 Å². The van der Waals surface area contributed by atoms with Crippen LogP contribution in [0, 0.1) is 0 Å². The Morgan fingerprint density at radius 3 is 2.33 bits per heavy atom. The minimum atomic E-state index is -0.227. The highest BCUT2D eigenvalue weighted by atomic mass is 16.5. The van der Waals surface area contributed by atoms with Gasteiger partial charge in [-0.15, -0.1) is 0 Å². The molecule has 3 aromatic carbocycles. The van der Waals surface area contributed by atoms with Gasteiger partial charge < -0.3 is 19.5 Å². The third-order valence-corrected chi connectivity index (χ3v) is 4.03. The van der Waals surface area contributed by atoms with Crippen LogP contribution in [-0.2, 0) is 6.61 Å². The summed E-state index contributed by atoms with van der Waals surface area (Å²) in [5, 5.41) is 2.87. The molecule has 0 radical (unpaired) electrons. The van der Waals surface area contributed by atoms with Crippen LogP contribution in [-0.4, -0.2) is 20.1 Å². The highest BCUT2D eigenvalue weighted by molar-refractivity contribution is 6.06. The van der Waals surface area contributed by atoms with Crippen LogP contribution in [0.1, 0.15) is 15.9 Å². The summed E-state index contributed by atoms with van der Waals surface area (Å²) in [6, 6.07) is 21.9. The maximum Gasteiger partial charge on any atom is 0.259 e. The Kier molecular flexibility index (Phi) is 5.94. The van der Waals surface area contributed by atoms with Gasteiger partial charge in [-0.2, -0.15) is 0 Å². The maximum absolute atomic E-state index is 12.6. The Morgan fingerprint density at radius 1 is 0.852 bits per heavy atom. The Balaban J connectivity index is 1.78. The number of anilines is 1. The third kappa shape index (κ3) is 4.58. The molecule has 0 unspecified atom stereocenters. The Bertz CT molecular complexity index is 909. The van der Waals surface area contributed by atoms with E-state index >= 15 is 0 Å². The van der Waals surface area contributed by atoms with Crippen LogP contribution < -0.4 is 19.5 Å². The van der Waals surface area contributed by atoms with Gasteiger partial charge in [0.1, 0.15) is 23.9 Å². The van der Waals surface area contributed by atoms with E-state index in [0.717, 1.165) is 11.3 Å². The standard InChI is InChI=1S/C22H21NO4/c1-25-18-12-13-20(26-2)16(14-18)15-27-21-11-7-6-10-19(21)22(24)23-17-8-4-3-5-9-17/h3-14H,15H2,1-2H3,(H,23,24). The van der Waals surface area contributed by atoms with Gasteiger partial charge in [-0.05, 0) is 42.5 Å². The van der Waals surface area contributed by atoms with Gasteiger partial charge in [0.15, 0.2) is 0 Å². The molecule has 0 aliphatic carbocycles. The predicted molar refractivity (Wildman–Crippen MR) is 105 cm³/mol. The first kappa shape index (κ1) is 18.3. The average molecular weight is 363 g/mol. The molecular weight excluding hydrogens is 342 g/mol. The fourth-order valence-electron chi connectivity index (χ4n) is 2.65. The summed E-state index contributed by atoms with van der Waals surface area (Å²) in [6.07, 6.45) is 0. The zero-order valence-electron chi connectivity index (χ0n) is 15.3. The van der Waals surface area contributed by atoms with E-state index in [1.165, 1.54) is 0 Å². The molecule has 0 fully saturated rings. The summed E-state index contributed by atoms with van der Waals surface area (Å²) >= 11 is 0. The van der Waals surface area contributed by atoms with Crippen molar-refractivity contribution in [3.05, 3.63) is 83.9 Å². The molecule has 0 saturated heterocycles. The van der Waals surface area contributed by atoms with E-state index in [-0.39, 0.29) is 12.5 Å². The summed E-state index contributed by atoms with van der Waals surface area (Å²) in [7, 11) is 3.21. The zero-order valence-corrected chi connectivity index (χ0v) is 15.3. The number of nitrogens with one attached hydrogen (secondary N) is 1. The Labute approximate surface area is 158 Å². The largest absolute Gasteiger partial charge is 0.497 e. The molecule has 0 aliphatic heterocycles. The third-order valence-electron chi connectivity index (χ3n) is 4.03. The minimum Gasteiger partial charge on any atom is -0.497 e. The fourth-order valence-corrected chi connectivity index (χ4v) is 2.65. The van der Waals surface area contributed by atoms with Crippen LogP contribution in [0.3, 0.4) is 0 Å². The van der Waals surface area contributed by atoms with Crippen molar-refractivity contribution < 1.29 is 19.0 Å². The molecule has 0 saturated carbocycles. The Hall–Kier alpha value is -3.47. The van der Waals surface area contributed by atoms with E-state index in [1.807, 2.05) is 54.6 Å². The number of benzene rings is 3. The molecule has 27 heavy (non-hydrogen) atoms. The number of carbonyl (C=O) groups excluding carboxylic acids is 1. The first-order valence-corrected chi connectivity index (χ1v) is 8.50. The molecule has 3 rings (SSSR count). The smallest absolute Gasteiger partial charge is 0.259 e. The highest BCUT2D eigenvalue weighted by Gasteiger charge is 2.14. The molecule has 0 spiro atoms. The number of hydrogen-bond donors (Lipinski definition) is 1. The van der Waals surface area contributed by atoms with Crippen molar-refractivity contribution >= 4 is 11.6 Å². The number of rotatable bonds is 7. The van der Waals surface area contributed by atoms with Crippen LogP contribution in [0.5, 0.6) is 17.2 Å². The number of para-hydroxylation sites is 2. The van der Waals surface area contributed by atoms with Gasteiger partial charge in [0.05, 0.1) is 19.8 Å². The van der Waals surface area contributed by atoms with Gasteiger partial charge in [0.25, 0.3) is 5.91 Å². The lowest BCUT2D eigenvalue weighted by Gasteiger charge is -2.14. The van der Waals surface area contributed by atoms with Gasteiger partial charge in [-0.1, -0.05) is 30.3 Å². The van der Waals surface area contributed by atoms with E-state index in [0.29, 0.717) is 22.8 Å². The molecule has 0 bridgehead atoms. The average Bonchev–Trinajstić information content (AvgIpc) is 2.73. The number of amides is 1. The quantitative estimate of drug-likeness (QED) is 0.670. The lowest BCUT2D eigenvalue weighted by atomic mass is 10.1. The summed E-state index contributed by atoms with van der Waals surface area (Å²) < 4.78 is 16.6. The summed E-state index contributed by atoms with van der Waals surface area (Å²) in [5.41, 5.74) is 2.02. The summed E-state index contributed by atoms with van der Waals surface area (Å²) in [6.45, 7) is 0.246. The molecule has 5 nitrogen and oxygen atoms in total. The van der Waals surface area contributed by atoms with Crippen molar-refractivity contribution in [1.29, 1.82) is 0 Å². The van der Waals surface area contributed by atoms with Crippen LogP contribution in [0.2, 0.25) is 0 Å². The zero-order chi connectivity index (χ0) is 19.1. The lowest BCUT2D eigenvalue weighted by molar-refractivity contribution is 0.102. The molecule has 0 heterocycles. The SMILES string of the molecule is COc1ccc(OC)c(COc2ccccc2C(=O)Nc2ccccc2)c1. The fraction of sp³-hybridized carbons (Fsp3) is 0.136. The van der Waals surface area contributed by atoms with Crippen LogP contribution >= 0.6 is 0 Å². The van der Waals surface area contributed by atoms with Crippen molar-refractivity contribution in [3.63, 3.8) is 0 Å². The number of hydrogen-bond acceptors (Lipinski definition) is 4. The van der Waals surface area contributed by atoms with Crippen molar-refractivity contribution in [3.8, 4) is 17.2 Å². The van der Waals surface area contributed by atoms with Crippen LogP contribution in [0.15, 0.2) is 72.8 Å². The lowest BCUT2D eigenvalue weighted by Crippen LogP contribution is -2.13. The second-order valence-electron chi connectivity index (χ2n) is 5.78. The van der Waals surface area contributed by atoms with E-state index in [2.05, 4.69) is 5.32 Å². The van der Waals surface area contributed by atoms with Gasteiger partial charge in [0, 0.05) is 11.3 Å². The van der Waals surface area contributed by atoms with Gasteiger partial charge in [0.2, 0.25) is 0 Å². The van der Waals surface area contributed by atoms with Gasteiger partial charge in [-0.3, -0.25) is 4.79 Å². The first-order chi connectivity index (χ1) is 13.2. The molecule has 3 aromatic rings. The minimum absolute atomic E-state index is 0.227. The first-order valence-electron chi connectivity index (χ1n) is 8.50. The molecule has 0 aliphatic rings. The van der Waals surface area contributed by atoms with E-state index in [1.54, 1.807) is 32.4 Å². The maximum atomic E-state index is 12.6. The van der Waals surface area contributed by atoms with E-state index in [9.17, 15) is 4.79 Å². The van der Waals surface area contributed by atoms with E-state index < -0.39 is 0 Å². The van der Waals surface area contributed by atoms with Crippen molar-refractivity contribution in [2.75, 3.05) is 19.5 Å². The summed E-state index contributed by atoms with van der Waals surface area (Å²) in [4.78, 5) is 12.6. The van der Waals surface area contributed by atoms with Crippen molar-refractivity contribution in [1.82, 2.24) is 0 Å². The topological polar surface area (TPSA) is 56.8 Å². The number of methoxy groups -OCH3 is 2.